The maximum atomic E-state index is 12.6. The molecule has 0 bridgehead atoms. The van der Waals surface area contributed by atoms with Crippen LogP contribution in [-0.4, -0.2) is 48.0 Å². The summed E-state index contributed by atoms with van der Waals surface area (Å²) >= 11 is 0. The van der Waals surface area contributed by atoms with Gasteiger partial charge in [0.2, 0.25) is 0 Å². The number of nitrogens with zero attached hydrogens (tertiary/aromatic N) is 2. The van der Waals surface area contributed by atoms with Crippen molar-refractivity contribution in [3.8, 4) is 0 Å². The Morgan fingerprint density at radius 1 is 1.58 bits per heavy atom. The zero-order valence-electron chi connectivity index (χ0n) is 11.8. The number of carbonyl (C=O) groups excluding carboxylic acids is 1. The average molecular weight is 262 g/mol. The summed E-state index contributed by atoms with van der Waals surface area (Å²) in [6, 6.07) is 4.16. The summed E-state index contributed by atoms with van der Waals surface area (Å²) in [5.41, 5.74) is 0.644. The molecule has 0 spiro atoms. The normalized spacial score (nSPS) is 18.6. The predicted octanol–water partition coefficient (Wildman–Crippen LogP) is 1.34. The molecule has 5 nitrogen and oxygen atoms in total. The number of anilines is 1. The van der Waals surface area contributed by atoms with Crippen LogP contribution in [0.2, 0.25) is 0 Å². The molecule has 0 radical (unpaired) electrons. The van der Waals surface area contributed by atoms with E-state index in [0.29, 0.717) is 11.4 Å². The first-order valence-corrected chi connectivity index (χ1v) is 6.79. The van der Waals surface area contributed by atoms with E-state index in [1.54, 1.807) is 12.3 Å². The fourth-order valence-electron chi connectivity index (χ4n) is 2.29. The van der Waals surface area contributed by atoms with Crippen LogP contribution < -0.4 is 10.6 Å². The number of aromatic nitrogens is 1. The largest absolute Gasteiger partial charge is 0.367 e. The van der Waals surface area contributed by atoms with Gasteiger partial charge in [-0.2, -0.15) is 0 Å². The highest BCUT2D eigenvalue weighted by Gasteiger charge is 2.25. The van der Waals surface area contributed by atoms with Crippen LogP contribution >= 0.6 is 0 Å². The topological polar surface area (TPSA) is 57.3 Å². The van der Waals surface area contributed by atoms with Crippen LogP contribution in [0.25, 0.3) is 0 Å². The van der Waals surface area contributed by atoms with Gasteiger partial charge in [-0.1, -0.05) is 0 Å². The molecule has 1 aromatic rings. The minimum absolute atomic E-state index is 0.0324. The number of amides is 1. The molecule has 104 valence electrons. The number of rotatable bonds is 4. The van der Waals surface area contributed by atoms with Gasteiger partial charge >= 0.3 is 0 Å². The van der Waals surface area contributed by atoms with Gasteiger partial charge in [0.15, 0.2) is 0 Å². The van der Waals surface area contributed by atoms with Crippen molar-refractivity contribution < 1.29 is 4.79 Å². The third-order valence-electron chi connectivity index (χ3n) is 3.37. The Bertz CT molecular complexity index is 441. The van der Waals surface area contributed by atoms with E-state index in [4.69, 9.17) is 0 Å². The van der Waals surface area contributed by atoms with E-state index in [1.165, 1.54) is 0 Å². The Hall–Kier alpha value is -1.62. The van der Waals surface area contributed by atoms with Crippen molar-refractivity contribution in [1.82, 2.24) is 15.2 Å². The van der Waals surface area contributed by atoms with Gasteiger partial charge in [0.05, 0.1) is 5.56 Å². The highest BCUT2D eigenvalue weighted by Crippen LogP contribution is 2.17. The minimum atomic E-state index is 0.0324. The molecule has 2 rings (SSSR count). The SMILES string of the molecule is CC(C)Nc1ncccc1C(=O)N(C)C1CCNC1. The van der Waals surface area contributed by atoms with E-state index >= 15 is 0 Å². The van der Waals surface area contributed by atoms with Gasteiger partial charge in [-0.15, -0.1) is 0 Å². The van der Waals surface area contributed by atoms with Crippen LogP contribution in [0.4, 0.5) is 5.82 Å². The number of carbonyl (C=O) groups is 1. The summed E-state index contributed by atoms with van der Waals surface area (Å²) in [7, 11) is 1.87. The zero-order chi connectivity index (χ0) is 13.8. The third kappa shape index (κ3) is 3.23. The zero-order valence-corrected chi connectivity index (χ0v) is 11.8. The van der Waals surface area contributed by atoms with E-state index in [0.717, 1.165) is 19.5 Å². The van der Waals surface area contributed by atoms with Gasteiger partial charge in [0, 0.05) is 31.9 Å². The number of pyridine rings is 1. The van der Waals surface area contributed by atoms with Gasteiger partial charge in [-0.25, -0.2) is 4.98 Å². The second-order valence-corrected chi connectivity index (χ2v) is 5.26. The van der Waals surface area contributed by atoms with Gasteiger partial charge in [-0.05, 0) is 38.9 Å². The van der Waals surface area contributed by atoms with E-state index in [9.17, 15) is 4.79 Å². The van der Waals surface area contributed by atoms with Gasteiger partial charge in [-0.3, -0.25) is 4.79 Å². The van der Waals surface area contributed by atoms with Crippen molar-refractivity contribution in [2.24, 2.45) is 0 Å². The molecule has 1 saturated heterocycles. The van der Waals surface area contributed by atoms with E-state index < -0.39 is 0 Å². The first kappa shape index (κ1) is 13.8. The molecule has 1 amide bonds. The monoisotopic (exact) mass is 262 g/mol. The van der Waals surface area contributed by atoms with E-state index in [2.05, 4.69) is 15.6 Å². The summed E-state index contributed by atoms with van der Waals surface area (Å²) < 4.78 is 0. The number of nitrogens with one attached hydrogen (secondary N) is 2. The molecular formula is C14H22N4O. The van der Waals surface area contributed by atoms with Crippen LogP contribution in [0.1, 0.15) is 30.6 Å². The molecule has 0 saturated carbocycles. The molecule has 1 aliphatic rings. The Labute approximate surface area is 114 Å². The molecule has 1 aliphatic heterocycles. The van der Waals surface area contributed by atoms with Crippen LogP contribution in [0.3, 0.4) is 0 Å². The van der Waals surface area contributed by atoms with Crippen molar-refractivity contribution in [3.63, 3.8) is 0 Å². The smallest absolute Gasteiger partial charge is 0.257 e. The molecule has 0 aromatic carbocycles. The van der Waals surface area contributed by atoms with Crippen LogP contribution in [0.5, 0.6) is 0 Å². The van der Waals surface area contributed by atoms with Crippen LogP contribution in [0.15, 0.2) is 18.3 Å². The molecule has 5 heteroatoms. The summed E-state index contributed by atoms with van der Waals surface area (Å²) in [6.45, 7) is 5.92. The molecule has 1 unspecified atom stereocenters. The quantitative estimate of drug-likeness (QED) is 0.859. The lowest BCUT2D eigenvalue weighted by Gasteiger charge is -2.25. The molecule has 1 atom stereocenters. The van der Waals surface area contributed by atoms with Crippen molar-refractivity contribution in [3.05, 3.63) is 23.9 Å². The van der Waals surface area contributed by atoms with Crippen molar-refractivity contribution >= 4 is 11.7 Å². The summed E-state index contributed by atoms with van der Waals surface area (Å²) in [6.07, 6.45) is 2.72. The highest BCUT2D eigenvalue weighted by atomic mass is 16.2. The molecule has 2 N–H and O–H groups in total. The Morgan fingerprint density at radius 3 is 3.00 bits per heavy atom. The van der Waals surface area contributed by atoms with Crippen LogP contribution in [-0.2, 0) is 0 Å². The average Bonchev–Trinajstić information content (AvgIpc) is 2.91. The van der Waals surface area contributed by atoms with Gasteiger partial charge in [0.1, 0.15) is 5.82 Å². The number of hydrogen-bond donors (Lipinski definition) is 2. The molecular weight excluding hydrogens is 240 g/mol. The number of likely N-dealkylation sites (N-methyl/N-ethyl adjacent to an activating group) is 1. The fraction of sp³-hybridized carbons (Fsp3) is 0.571. The minimum Gasteiger partial charge on any atom is -0.367 e. The van der Waals surface area contributed by atoms with Crippen molar-refractivity contribution in [1.29, 1.82) is 0 Å². The lowest BCUT2D eigenvalue weighted by molar-refractivity contribution is 0.0744. The van der Waals surface area contributed by atoms with Gasteiger partial charge in [0.25, 0.3) is 5.91 Å². The first-order chi connectivity index (χ1) is 9.09. The van der Waals surface area contributed by atoms with Gasteiger partial charge < -0.3 is 15.5 Å². The molecule has 1 aromatic heterocycles. The highest BCUT2D eigenvalue weighted by molar-refractivity contribution is 5.98. The maximum Gasteiger partial charge on any atom is 0.257 e. The Balaban J connectivity index is 2.17. The summed E-state index contributed by atoms with van der Waals surface area (Å²) in [4.78, 5) is 18.6. The summed E-state index contributed by atoms with van der Waals surface area (Å²) in [5, 5.41) is 6.51. The van der Waals surface area contributed by atoms with Crippen molar-refractivity contribution in [2.45, 2.75) is 32.4 Å². The first-order valence-electron chi connectivity index (χ1n) is 6.79. The fourth-order valence-corrected chi connectivity index (χ4v) is 2.29. The third-order valence-corrected chi connectivity index (χ3v) is 3.37. The second kappa shape index (κ2) is 6.02. The number of hydrogen-bond acceptors (Lipinski definition) is 4. The Kier molecular flexibility index (Phi) is 4.37. The molecule has 19 heavy (non-hydrogen) atoms. The maximum absolute atomic E-state index is 12.6. The lowest BCUT2D eigenvalue weighted by atomic mass is 10.1. The summed E-state index contributed by atoms with van der Waals surface area (Å²) in [5.74, 6) is 0.699. The van der Waals surface area contributed by atoms with Crippen molar-refractivity contribution in [2.75, 3.05) is 25.5 Å². The predicted molar refractivity (Wildman–Crippen MR) is 76.4 cm³/mol. The standard InChI is InChI=1S/C14H22N4O/c1-10(2)17-13-12(5-4-7-16-13)14(19)18(3)11-6-8-15-9-11/h4-5,7,10-11,15H,6,8-9H2,1-3H3,(H,16,17). The molecule has 0 aliphatic carbocycles. The van der Waals surface area contributed by atoms with E-state index in [1.807, 2.05) is 31.9 Å². The Morgan fingerprint density at radius 2 is 2.37 bits per heavy atom. The van der Waals surface area contributed by atoms with E-state index in [-0.39, 0.29) is 18.0 Å². The van der Waals surface area contributed by atoms with Crippen LogP contribution in [0, 0.1) is 0 Å². The molecule has 2 heterocycles. The molecule has 1 fully saturated rings. The lowest BCUT2D eigenvalue weighted by Crippen LogP contribution is -2.38. The second-order valence-electron chi connectivity index (χ2n) is 5.26.